The molecule has 1 aromatic rings. The summed E-state index contributed by atoms with van der Waals surface area (Å²) in [6, 6.07) is 1.67. The van der Waals surface area contributed by atoms with Crippen LogP contribution in [0.3, 0.4) is 0 Å². The third kappa shape index (κ3) is 3.01. The summed E-state index contributed by atoms with van der Waals surface area (Å²) in [4.78, 5) is 24.9. The first-order valence-electron chi connectivity index (χ1n) is 7.37. The van der Waals surface area contributed by atoms with Gasteiger partial charge >= 0.3 is 12.0 Å². The van der Waals surface area contributed by atoms with Gasteiger partial charge in [-0.25, -0.2) is 4.79 Å². The van der Waals surface area contributed by atoms with Gasteiger partial charge < -0.3 is 10.0 Å². The fourth-order valence-corrected chi connectivity index (χ4v) is 2.74. The third-order valence-electron chi connectivity index (χ3n) is 4.19. The van der Waals surface area contributed by atoms with Crippen molar-refractivity contribution in [2.24, 2.45) is 13.0 Å². The number of aliphatic carboxylic acids is 1. The van der Waals surface area contributed by atoms with E-state index in [1.54, 1.807) is 16.6 Å². The average Bonchev–Trinajstić information content (AvgIpc) is 3.25. The molecule has 2 fully saturated rings. The molecule has 0 bridgehead atoms. The summed E-state index contributed by atoms with van der Waals surface area (Å²) in [5.74, 6) is -0.0882. The Kier molecular flexibility index (Phi) is 3.57. The summed E-state index contributed by atoms with van der Waals surface area (Å²) in [5, 5.41) is 16.3. The Morgan fingerprint density at radius 3 is 2.81 bits per heavy atom. The number of piperidine rings is 1. The van der Waals surface area contributed by atoms with Gasteiger partial charge in [-0.1, -0.05) is 0 Å². The molecule has 1 aliphatic heterocycles. The fourth-order valence-electron chi connectivity index (χ4n) is 2.74. The summed E-state index contributed by atoms with van der Waals surface area (Å²) >= 11 is 0. The predicted molar refractivity (Wildman–Crippen MR) is 76.1 cm³/mol. The highest BCUT2D eigenvalue weighted by atomic mass is 16.4. The van der Waals surface area contributed by atoms with Crippen LogP contribution in [0.25, 0.3) is 0 Å². The molecular formula is C14H20N4O3. The van der Waals surface area contributed by atoms with E-state index in [1.807, 2.05) is 6.07 Å². The lowest BCUT2D eigenvalue weighted by Gasteiger charge is -2.30. The lowest BCUT2D eigenvalue weighted by Crippen LogP contribution is -2.44. The summed E-state index contributed by atoms with van der Waals surface area (Å²) < 4.78 is 1.67. The minimum atomic E-state index is -0.830. The zero-order valence-corrected chi connectivity index (χ0v) is 12.1. The molecule has 21 heavy (non-hydrogen) atoms. The molecule has 1 saturated heterocycles. The van der Waals surface area contributed by atoms with Gasteiger partial charge in [-0.05, 0) is 25.7 Å². The predicted octanol–water partition coefficient (Wildman–Crippen LogP) is 1.63. The number of anilines is 1. The molecular weight excluding hydrogens is 272 g/mol. The van der Waals surface area contributed by atoms with Gasteiger partial charge in [0, 0.05) is 32.1 Å². The fraction of sp³-hybridized carbons (Fsp3) is 0.643. The first kappa shape index (κ1) is 13.9. The van der Waals surface area contributed by atoms with Crippen LogP contribution < -0.4 is 5.32 Å². The number of carboxylic acids is 1. The van der Waals surface area contributed by atoms with Crippen molar-refractivity contribution in [1.29, 1.82) is 0 Å². The van der Waals surface area contributed by atoms with Gasteiger partial charge in [0.25, 0.3) is 0 Å². The Morgan fingerprint density at radius 1 is 1.38 bits per heavy atom. The number of carbonyl (C=O) groups is 2. The summed E-state index contributed by atoms with van der Waals surface area (Å²) in [6.45, 7) is 0.872. The van der Waals surface area contributed by atoms with E-state index in [4.69, 9.17) is 5.11 Å². The van der Waals surface area contributed by atoms with Crippen LogP contribution in [-0.4, -0.2) is 44.9 Å². The Bertz CT molecular complexity index is 565. The smallest absolute Gasteiger partial charge is 0.323 e. The average molecular weight is 292 g/mol. The van der Waals surface area contributed by atoms with E-state index in [2.05, 4.69) is 10.4 Å². The van der Waals surface area contributed by atoms with Crippen molar-refractivity contribution in [3.8, 4) is 0 Å². The Balaban J connectivity index is 1.64. The second-order valence-corrected chi connectivity index (χ2v) is 5.91. The van der Waals surface area contributed by atoms with Gasteiger partial charge in [0.15, 0.2) is 0 Å². The molecule has 0 radical (unpaired) electrons. The van der Waals surface area contributed by atoms with Crippen LogP contribution in [0.1, 0.15) is 37.3 Å². The van der Waals surface area contributed by atoms with Crippen LogP contribution in [-0.2, 0) is 11.8 Å². The maximum absolute atomic E-state index is 12.3. The zero-order valence-electron chi connectivity index (χ0n) is 12.1. The first-order valence-corrected chi connectivity index (χ1v) is 7.37. The monoisotopic (exact) mass is 292 g/mol. The molecule has 3 rings (SSSR count). The summed E-state index contributed by atoms with van der Waals surface area (Å²) in [6.07, 6.45) is 3.69. The van der Waals surface area contributed by atoms with Crippen LogP contribution in [0.15, 0.2) is 6.07 Å². The van der Waals surface area contributed by atoms with Crippen LogP contribution in [0, 0.1) is 5.92 Å². The second-order valence-electron chi connectivity index (χ2n) is 5.91. The van der Waals surface area contributed by atoms with Crippen LogP contribution in [0.2, 0.25) is 0 Å². The minimum Gasteiger partial charge on any atom is -0.481 e. The largest absolute Gasteiger partial charge is 0.481 e. The van der Waals surface area contributed by atoms with Crippen molar-refractivity contribution in [2.75, 3.05) is 18.4 Å². The summed E-state index contributed by atoms with van der Waals surface area (Å²) in [7, 11) is 1.80. The summed E-state index contributed by atoms with van der Waals surface area (Å²) in [5.41, 5.74) is 1.02. The van der Waals surface area contributed by atoms with Crippen molar-refractivity contribution in [3.05, 3.63) is 11.8 Å². The Morgan fingerprint density at radius 2 is 2.14 bits per heavy atom. The van der Waals surface area contributed by atoms with Gasteiger partial charge in [0.2, 0.25) is 0 Å². The topological polar surface area (TPSA) is 87.5 Å². The molecule has 7 nitrogen and oxygen atoms in total. The van der Waals surface area contributed by atoms with Crippen LogP contribution in [0.5, 0.6) is 0 Å². The number of amides is 2. The number of rotatable bonds is 3. The Labute approximate surface area is 122 Å². The molecule has 2 N–H and O–H groups in total. The number of aromatic nitrogens is 2. The maximum atomic E-state index is 12.3. The standard InChI is InChI=1S/C14H20N4O3/c1-17-12(7-11(16-17)9-4-5-9)15-14(21)18-6-2-3-10(8-18)13(19)20/h7,9-10H,2-6,8H2,1H3,(H,15,21)(H,19,20). The number of nitrogens with one attached hydrogen (secondary N) is 1. The normalized spacial score (nSPS) is 22.1. The molecule has 1 aliphatic carbocycles. The van der Waals surface area contributed by atoms with Crippen molar-refractivity contribution in [1.82, 2.24) is 14.7 Å². The van der Waals surface area contributed by atoms with E-state index < -0.39 is 11.9 Å². The molecule has 114 valence electrons. The molecule has 2 aliphatic rings. The number of urea groups is 1. The molecule has 7 heteroatoms. The number of aryl methyl sites for hydroxylation is 1. The molecule has 1 saturated carbocycles. The number of hydrogen-bond acceptors (Lipinski definition) is 3. The van der Waals surface area contributed by atoms with Crippen molar-refractivity contribution in [2.45, 2.75) is 31.6 Å². The molecule has 1 unspecified atom stereocenters. The Hall–Kier alpha value is -2.05. The number of nitrogens with zero attached hydrogens (tertiary/aromatic N) is 3. The van der Waals surface area contributed by atoms with E-state index in [-0.39, 0.29) is 12.6 Å². The zero-order chi connectivity index (χ0) is 15.0. The minimum absolute atomic E-state index is 0.244. The van der Waals surface area contributed by atoms with Crippen LogP contribution in [0.4, 0.5) is 10.6 Å². The van der Waals surface area contributed by atoms with E-state index in [9.17, 15) is 9.59 Å². The van der Waals surface area contributed by atoms with Gasteiger partial charge in [-0.15, -0.1) is 0 Å². The van der Waals surface area contributed by atoms with Gasteiger partial charge in [0.05, 0.1) is 11.6 Å². The van der Waals surface area contributed by atoms with Crippen molar-refractivity contribution in [3.63, 3.8) is 0 Å². The molecule has 2 heterocycles. The number of hydrogen-bond donors (Lipinski definition) is 2. The maximum Gasteiger partial charge on any atom is 0.323 e. The molecule has 1 aromatic heterocycles. The van der Waals surface area contributed by atoms with Crippen LogP contribution >= 0.6 is 0 Å². The number of likely N-dealkylation sites (tertiary alicyclic amines) is 1. The van der Waals surface area contributed by atoms with Gasteiger partial charge in [-0.3, -0.25) is 14.8 Å². The van der Waals surface area contributed by atoms with Gasteiger partial charge in [-0.2, -0.15) is 5.10 Å². The van der Waals surface area contributed by atoms with Gasteiger partial charge in [0.1, 0.15) is 5.82 Å². The molecule has 1 atom stereocenters. The van der Waals surface area contributed by atoms with Crippen molar-refractivity contribution < 1.29 is 14.7 Å². The highest BCUT2D eigenvalue weighted by molar-refractivity contribution is 5.89. The lowest BCUT2D eigenvalue weighted by molar-refractivity contribution is -0.143. The van der Waals surface area contributed by atoms with E-state index in [0.29, 0.717) is 24.7 Å². The molecule has 2 amide bonds. The molecule has 0 spiro atoms. The first-order chi connectivity index (χ1) is 10.0. The quantitative estimate of drug-likeness (QED) is 0.886. The second kappa shape index (κ2) is 5.38. The van der Waals surface area contributed by atoms with Crippen molar-refractivity contribution >= 4 is 17.8 Å². The number of carbonyl (C=O) groups excluding carboxylic acids is 1. The molecule has 0 aromatic carbocycles. The lowest BCUT2D eigenvalue weighted by atomic mass is 9.99. The van der Waals surface area contributed by atoms with E-state index in [1.165, 1.54) is 0 Å². The number of carboxylic acid groups (broad SMARTS) is 1. The van der Waals surface area contributed by atoms with E-state index >= 15 is 0 Å². The SMILES string of the molecule is Cn1nc(C2CC2)cc1NC(=O)N1CCCC(C(=O)O)C1. The van der Waals surface area contributed by atoms with E-state index in [0.717, 1.165) is 25.0 Å². The highest BCUT2D eigenvalue weighted by Crippen LogP contribution is 2.39. The third-order valence-corrected chi connectivity index (χ3v) is 4.19. The highest BCUT2D eigenvalue weighted by Gasteiger charge is 2.30.